The maximum Gasteiger partial charge on any atom is 0.132 e. The molecule has 1 saturated carbocycles. The van der Waals surface area contributed by atoms with Gasteiger partial charge in [-0.3, -0.25) is 5.41 Å². The van der Waals surface area contributed by atoms with Crippen LogP contribution in [0.4, 0.5) is 0 Å². The van der Waals surface area contributed by atoms with Gasteiger partial charge in [-0.15, -0.1) is 0 Å². The lowest BCUT2D eigenvalue weighted by atomic mass is 9.89. The molecule has 1 aliphatic rings. The quantitative estimate of drug-likeness (QED) is 0.649. The topological polar surface area (TPSA) is 59.1 Å². The molecule has 4 heteroatoms. The zero-order chi connectivity index (χ0) is 13.1. The Morgan fingerprint density at radius 2 is 2.00 bits per heavy atom. The second-order valence-electron chi connectivity index (χ2n) is 5.03. The van der Waals surface area contributed by atoms with Gasteiger partial charge >= 0.3 is 0 Å². The van der Waals surface area contributed by atoms with E-state index in [2.05, 4.69) is 6.92 Å². The highest BCUT2D eigenvalue weighted by atomic mass is 35.5. The third-order valence-electron chi connectivity index (χ3n) is 3.50. The van der Waals surface area contributed by atoms with Crippen molar-refractivity contribution in [2.75, 3.05) is 0 Å². The molecule has 3 N–H and O–H groups in total. The van der Waals surface area contributed by atoms with Gasteiger partial charge in [-0.05, 0) is 43.7 Å². The van der Waals surface area contributed by atoms with E-state index in [9.17, 15) is 0 Å². The summed E-state index contributed by atoms with van der Waals surface area (Å²) >= 11 is 6.06. The van der Waals surface area contributed by atoms with Crippen molar-refractivity contribution in [3.05, 3.63) is 28.8 Å². The minimum absolute atomic E-state index is 0.0419. The number of hydrogen-bond acceptors (Lipinski definition) is 2. The van der Waals surface area contributed by atoms with E-state index in [1.807, 2.05) is 12.1 Å². The fourth-order valence-electron chi connectivity index (χ4n) is 2.39. The van der Waals surface area contributed by atoms with E-state index in [0.717, 1.165) is 18.8 Å². The standard InChI is InChI=1S/C14H19ClN2O/c1-9-5-7-10(8-6-9)18-12-4-2-3-11(15)13(12)14(16)17/h2-4,9-10H,5-8H2,1H3,(H3,16,17). The van der Waals surface area contributed by atoms with E-state index in [1.165, 1.54) is 12.8 Å². The van der Waals surface area contributed by atoms with Gasteiger partial charge in [0.05, 0.1) is 16.7 Å². The van der Waals surface area contributed by atoms with Crippen LogP contribution >= 0.6 is 11.6 Å². The fraction of sp³-hybridized carbons (Fsp3) is 0.500. The molecule has 0 unspecified atom stereocenters. The molecule has 1 aromatic rings. The number of rotatable bonds is 3. The monoisotopic (exact) mass is 266 g/mol. The average Bonchev–Trinajstić information content (AvgIpc) is 2.32. The maximum atomic E-state index is 7.58. The predicted octanol–water partition coefficient (Wildman–Crippen LogP) is 3.58. The molecule has 0 heterocycles. The maximum absolute atomic E-state index is 7.58. The summed E-state index contributed by atoms with van der Waals surface area (Å²) in [6.45, 7) is 2.27. The Morgan fingerprint density at radius 1 is 1.33 bits per heavy atom. The number of halogens is 1. The molecule has 0 spiro atoms. The SMILES string of the molecule is CC1CCC(Oc2cccc(Cl)c2C(=N)N)CC1. The fourth-order valence-corrected chi connectivity index (χ4v) is 2.66. The third-order valence-corrected chi connectivity index (χ3v) is 3.82. The smallest absolute Gasteiger partial charge is 0.132 e. The van der Waals surface area contributed by atoms with Gasteiger partial charge in [0, 0.05) is 0 Å². The summed E-state index contributed by atoms with van der Waals surface area (Å²) in [6, 6.07) is 5.39. The summed E-state index contributed by atoms with van der Waals surface area (Å²) in [4.78, 5) is 0. The number of nitrogen functional groups attached to an aromatic ring is 1. The Labute approximate surface area is 113 Å². The van der Waals surface area contributed by atoms with Crippen LogP contribution in [0.1, 0.15) is 38.2 Å². The van der Waals surface area contributed by atoms with Crippen molar-refractivity contribution >= 4 is 17.4 Å². The van der Waals surface area contributed by atoms with Crippen molar-refractivity contribution in [2.45, 2.75) is 38.7 Å². The predicted molar refractivity (Wildman–Crippen MR) is 74.5 cm³/mol. The van der Waals surface area contributed by atoms with E-state index in [1.54, 1.807) is 6.07 Å². The van der Waals surface area contributed by atoms with Crippen molar-refractivity contribution in [1.82, 2.24) is 0 Å². The number of amidine groups is 1. The molecule has 3 nitrogen and oxygen atoms in total. The molecular weight excluding hydrogens is 248 g/mol. The van der Waals surface area contributed by atoms with Gasteiger partial charge in [-0.1, -0.05) is 24.6 Å². The van der Waals surface area contributed by atoms with Gasteiger partial charge < -0.3 is 10.5 Å². The van der Waals surface area contributed by atoms with Gasteiger partial charge in [0.25, 0.3) is 0 Å². The summed E-state index contributed by atoms with van der Waals surface area (Å²) in [5, 5.41) is 8.06. The summed E-state index contributed by atoms with van der Waals surface area (Å²) < 4.78 is 5.97. The van der Waals surface area contributed by atoms with Crippen LogP contribution < -0.4 is 10.5 Å². The van der Waals surface area contributed by atoms with E-state index >= 15 is 0 Å². The molecule has 0 aromatic heterocycles. The van der Waals surface area contributed by atoms with E-state index in [-0.39, 0.29) is 11.9 Å². The van der Waals surface area contributed by atoms with Crippen LogP contribution in [0.15, 0.2) is 18.2 Å². The van der Waals surface area contributed by atoms with E-state index in [0.29, 0.717) is 16.3 Å². The molecule has 1 aliphatic carbocycles. The second-order valence-corrected chi connectivity index (χ2v) is 5.43. The first-order valence-corrected chi connectivity index (χ1v) is 6.75. The van der Waals surface area contributed by atoms with Crippen LogP contribution in [0.3, 0.4) is 0 Å². The summed E-state index contributed by atoms with van der Waals surface area (Å²) in [5.74, 6) is 1.38. The Morgan fingerprint density at radius 3 is 2.61 bits per heavy atom. The van der Waals surface area contributed by atoms with E-state index in [4.69, 9.17) is 27.5 Å². The molecule has 0 amide bonds. The first-order chi connectivity index (χ1) is 8.58. The summed E-state index contributed by atoms with van der Waals surface area (Å²) in [7, 11) is 0. The summed E-state index contributed by atoms with van der Waals surface area (Å²) in [5.41, 5.74) is 6.07. The number of benzene rings is 1. The van der Waals surface area contributed by atoms with Crippen molar-refractivity contribution < 1.29 is 4.74 Å². The second kappa shape index (κ2) is 5.61. The third kappa shape index (κ3) is 2.96. The molecule has 0 atom stereocenters. The Kier molecular flexibility index (Phi) is 4.12. The zero-order valence-corrected chi connectivity index (χ0v) is 11.3. The highest BCUT2D eigenvalue weighted by Gasteiger charge is 2.21. The Balaban J connectivity index is 2.14. The van der Waals surface area contributed by atoms with Crippen LogP contribution in [0.2, 0.25) is 5.02 Å². The first kappa shape index (κ1) is 13.2. The van der Waals surface area contributed by atoms with Gasteiger partial charge in [0.1, 0.15) is 11.6 Å². The highest BCUT2D eigenvalue weighted by Crippen LogP contribution is 2.31. The molecule has 1 fully saturated rings. The average molecular weight is 267 g/mol. The number of nitrogens with two attached hydrogens (primary N) is 1. The van der Waals surface area contributed by atoms with Crippen LogP contribution in [0.25, 0.3) is 0 Å². The van der Waals surface area contributed by atoms with Crippen LogP contribution in [0, 0.1) is 11.3 Å². The molecule has 0 radical (unpaired) electrons. The van der Waals surface area contributed by atoms with Crippen molar-refractivity contribution in [1.29, 1.82) is 5.41 Å². The minimum atomic E-state index is -0.0419. The Bertz CT molecular complexity index is 439. The van der Waals surface area contributed by atoms with Gasteiger partial charge in [0.15, 0.2) is 0 Å². The lowest BCUT2D eigenvalue weighted by molar-refractivity contribution is 0.135. The van der Waals surface area contributed by atoms with Gasteiger partial charge in [0.2, 0.25) is 0 Å². The number of ether oxygens (including phenoxy) is 1. The Hall–Kier alpha value is -1.22. The lowest BCUT2D eigenvalue weighted by Crippen LogP contribution is -2.24. The molecule has 18 heavy (non-hydrogen) atoms. The van der Waals surface area contributed by atoms with E-state index < -0.39 is 0 Å². The first-order valence-electron chi connectivity index (χ1n) is 6.37. The van der Waals surface area contributed by atoms with Crippen LogP contribution in [0.5, 0.6) is 5.75 Å². The molecule has 0 aliphatic heterocycles. The van der Waals surface area contributed by atoms with Crippen LogP contribution in [-0.2, 0) is 0 Å². The highest BCUT2D eigenvalue weighted by molar-refractivity contribution is 6.34. The lowest BCUT2D eigenvalue weighted by Gasteiger charge is -2.27. The molecule has 0 bridgehead atoms. The van der Waals surface area contributed by atoms with Crippen molar-refractivity contribution in [3.63, 3.8) is 0 Å². The molecule has 1 aromatic carbocycles. The zero-order valence-electron chi connectivity index (χ0n) is 10.6. The van der Waals surface area contributed by atoms with Gasteiger partial charge in [-0.2, -0.15) is 0 Å². The number of hydrogen-bond donors (Lipinski definition) is 2. The summed E-state index contributed by atoms with van der Waals surface area (Å²) in [6.07, 6.45) is 4.73. The molecule has 0 saturated heterocycles. The normalized spacial score (nSPS) is 23.7. The molecule has 2 rings (SSSR count). The van der Waals surface area contributed by atoms with Crippen molar-refractivity contribution in [2.24, 2.45) is 11.7 Å². The minimum Gasteiger partial charge on any atom is -0.490 e. The van der Waals surface area contributed by atoms with Crippen molar-refractivity contribution in [3.8, 4) is 5.75 Å². The largest absolute Gasteiger partial charge is 0.490 e. The van der Waals surface area contributed by atoms with Gasteiger partial charge in [-0.25, -0.2) is 0 Å². The number of nitrogens with one attached hydrogen (secondary N) is 1. The molecule has 98 valence electrons. The molecular formula is C14H19ClN2O. The van der Waals surface area contributed by atoms with Crippen LogP contribution in [-0.4, -0.2) is 11.9 Å².